The van der Waals surface area contributed by atoms with Crippen LogP contribution >= 0.6 is 0 Å². The highest BCUT2D eigenvalue weighted by Crippen LogP contribution is 2.40. The Labute approximate surface area is 176 Å². The van der Waals surface area contributed by atoms with E-state index in [-0.39, 0.29) is 5.91 Å². The zero-order chi connectivity index (χ0) is 20.5. The monoisotopic (exact) mass is 410 g/mol. The van der Waals surface area contributed by atoms with Gasteiger partial charge in [-0.1, -0.05) is 12.1 Å². The molecule has 3 aliphatic heterocycles. The second-order valence-electron chi connectivity index (χ2n) is 7.81. The maximum atomic E-state index is 13.1. The van der Waals surface area contributed by atoms with Gasteiger partial charge in [-0.3, -0.25) is 9.69 Å². The zero-order valence-electron chi connectivity index (χ0n) is 17.2. The topological polar surface area (TPSA) is 60.5 Å². The Morgan fingerprint density at radius 1 is 0.967 bits per heavy atom. The second-order valence-corrected chi connectivity index (χ2v) is 7.81. The van der Waals surface area contributed by atoms with Gasteiger partial charge in [0.2, 0.25) is 5.75 Å². The number of fused-ring (bicyclic) bond motifs is 2. The average Bonchev–Trinajstić information content (AvgIpc) is 3.26. The van der Waals surface area contributed by atoms with Gasteiger partial charge in [-0.2, -0.15) is 0 Å². The van der Waals surface area contributed by atoms with Crippen molar-refractivity contribution in [2.45, 2.75) is 13.0 Å². The van der Waals surface area contributed by atoms with Gasteiger partial charge in [-0.05, 0) is 29.3 Å². The molecule has 2 aromatic rings. The number of amides is 1. The predicted octanol–water partition coefficient (Wildman–Crippen LogP) is 2.36. The molecule has 7 heteroatoms. The lowest BCUT2D eigenvalue weighted by Crippen LogP contribution is -2.48. The van der Waals surface area contributed by atoms with Crippen molar-refractivity contribution >= 4 is 5.91 Å². The third-order valence-electron chi connectivity index (χ3n) is 5.89. The highest BCUT2D eigenvalue weighted by Gasteiger charge is 2.26. The van der Waals surface area contributed by atoms with Crippen LogP contribution in [-0.2, 0) is 13.0 Å². The van der Waals surface area contributed by atoms with Crippen molar-refractivity contribution < 1.29 is 23.7 Å². The number of hydrogen-bond acceptors (Lipinski definition) is 6. The van der Waals surface area contributed by atoms with Crippen LogP contribution in [0.2, 0.25) is 0 Å². The molecule has 158 valence electrons. The Morgan fingerprint density at radius 2 is 1.77 bits per heavy atom. The van der Waals surface area contributed by atoms with E-state index in [1.54, 1.807) is 19.2 Å². The molecule has 0 saturated carbocycles. The van der Waals surface area contributed by atoms with Gasteiger partial charge in [-0.15, -0.1) is 0 Å². The summed E-state index contributed by atoms with van der Waals surface area (Å²) in [5.74, 6) is 2.70. The number of carbonyl (C=O) groups is 1. The molecular formula is C23H26N2O5. The number of piperazine rings is 1. The Morgan fingerprint density at radius 3 is 2.60 bits per heavy atom. The summed E-state index contributed by atoms with van der Waals surface area (Å²) in [6.45, 7) is 5.73. The third kappa shape index (κ3) is 3.65. The van der Waals surface area contributed by atoms with Gasteiger partial charge in [-0.25, -0.2) is 0 Å². The van der Waals surface area contributed by atoms with Gasteiger partial charge >= 0.3 is 0 Å². The van der Waals surface area contributed by atoms with Gasteiger partial charge in [0, 0.05) is 44.7 Å². The molecule has 0 N–H and O–H groups in total. The zero-order valence-corrected chi connectivity index (χ0v) is 17.2. The van der Waals surface area contributed by atoms with Gasteiger partial charge < -0.3 is 23.8 Å². The Hall–Kier alpha value is -2.93. The van der Waals surface area contributed by atoms with Crippen LogP contribution in [-0.4, -0.2) is 68.8 Å². The van der Waals surface area contributed by atoms with Crippen molar-refractivity contribution in [3.05, 3.63) is 47.0 Å². The number of nitrogens with zero attached hydrogens (tertiary/aromatic N) is 2. The average molecular weight is 410 g/mol. The lowest BCUT2D eigenvalue weighted by Gasteiger charge is -2.35. The van der Waals surface area contributed by atoms with Crippen LogP contribution in [0.4, 0.5) is 0 Å². The van der Waals surface area contributed by atoms with E-state index in [1.165, 1.54) is 11.1 Å². The Kier molecular flexibility index (Phi) is 5.12. The molecule has 30 heavy (non-hydrogen) atoms. The number of benzene rings is 2. The maximum Gasteiger partial charge on any atom is 0.254 e. The van der Waals surface area contributed by atoms with Crippen LogP contribution in [0.3, 0.4) is 0 Å². The molecule has 2 aromatic carbocycles. The quantitative estimate of drug-likeness (QED) is 0.771. The highest BCUT2D eigenvalue weighted by molar-refractivity contribution is 5.95. The molecule has 1 saturated heterocycles. The summed E-state index contributed by atoms with van der Waals surface area (Å²) in [7, 11) is 1.58. The SMILES string of the molecule is COc1cc(C(=O)N2CCN(Cc3ccc4c(c3)CCO4)CC2)cc2c1OCCO2. The number of hydrogen-bond donors (Lipinski definition) is 0. The molecule has 3 heterocycles. The summed E-state index contributed by atoms with van der Waals surface area (Å²) in [5, 5.41) is 0. The summed E-state index contributed by atoms with van der Waals surface area (Å²) in [4.78, 5) is 17.4. The first-order chi connectivity index (χ1) is 14.7. The van der Waals surface area contributed by atoms with Gasteiger partial charge in [0.15, 0.2) is 11.5 Å². The lowest BCUT2D eigenvalue weighted by atomic mass is 10.1. The Bertz CT molecular complexity index is 936. The van der Waals surface area contributed by atoms with E-state index in [2.05, 4.69) is 23.1 Å². The molecule has 3 aliphatic rings. The summed E-state index contributed by atoms with van der Waals surface area (Å²) < 4.78 is 22.3. The van der Waals surface area contributed by atoms with Crippen molar-refractivity contribution in [2.75, 3.05) is 53.1 Å². The summed E-state index contributed by atoms with van der Waals surface area (Å²) >= 11 is 0. The highest BCUT2D eigenvalue weighted by atomic mass is 16.6. The van der Waals surface area contributed by atoms with Crippen LogP contribution in [0.15, 0.2) is 30.3 Å². The van der Waals surface area contributed by atoms with Crippen molar-refractivity contribution in [2.24, 2.45) is 0 Å². The first-order valence-corrected chi connectivity index (χ1v) is 10.4. The van der Waals surface area contributed by atoms with Crippen LogP contribution in [0.25, 0.3) is 0 Å². The van der Waals surface area contributed by atoms with E-state index in [0.29, 0.717) is 49.1 Å². The Balaban J connectivity index is 1.23. The minimum Gasteiger partial charge on any atom is -0.493 e. The molecule has 7 nitrogen and oxygen atoms in total. The van der Waals surface area contributed by atoms with Crippen molar-refractivity contribution in [1.82, 2.24) is 9.80 Å². The molecular weight excluding hydrogens is 384 g/mol. The predicted molar refractivity (Wildman–Crippen MR) is 111 cm³/mol. The normalized spacial score (nSPS) is 18.0. The molecule has 1 fully saturated rings. The van der Waals surface area contributed by atoms with Crippen LogP contribution < -0.4 is 18.9 Å². The maximum absolute atomic E-state index is 13.1. The molecule has 0 atom stereocenters. The van der Waals surface area contributed by atoms with Crippen molar-refractivity contribution in [3.63, 3.8) is 0 Å². The van der Waals surface area contributed by atoms with Gasteiger partial charge in [0.1, 0.15) is 19.0 Å². The van der Waals surface area contributed by atoms with E-state index in [4.69, 9.17) is 18.9 Å². The van der Waals surface area contributed by atoms with E-state index in [0.717, 1.165) is 38.4 Å². The molecule has 0 radical (unpaired) electrons. The van der Waals surface area contributed by atoms with E-state index in [1.807, 2.05) is 4.90 Å². The smallest absolute Gasteiger partial charge is 0.254 e. The third-order valence-corrected chi connectivity index (χ3v) is 5.89. The fraction of sp³-hybridized carbons (Fsp3) is 0.435. The molecule has 0 spiro atoms. The molecule has 1 amide bonds. The summed E-state index contributed by atoms with van der Waals surface area (Å²) in [5.41, 5.74) is 3.17. The standard InChI is InChI=1S/C23H26N2O5/c1-27-20-13-18(14-21-22(20)30-11-10-29-21)23(26)25-7-5-24(6-8-25)15-16-2-3-19-17(12-16)4-9-28-19/h2-3,12-14H,4-11,15H2,1H3. The molecule has 5 rings (SSSR count). The van der Waals surface area contributed by atoms with E-state index < -0.39 is 0 Å². The largest absolute Gasteiger partial charge is 0.493 e. The molecule has 0 aromatic heterocycles. The first kappa shape index (κ1) is 19.1. The number of carbonyl (C=O) groups excluding carboxylic acids is 1. The summed E-state index contributed by atoms with van der Waals surface area (Å²) in [6.07, 6.45) is 0.991. The van der Waals surface area contributed by atoms with E-state index >= 15 is 0 Å². The molecule has 0 bridgehead atoms. The first-order valence-electron chi connectivity index (χ1n) is 10.4. The number of ether oxygens (including phenoxy) is 4. The molecule has 0 unspecified atom stereocenters. The molecule has 0 aliphatic carbocycles. The minimum atomic E-state index is -0.000368. The second kappa shape index (κ2) is 8.07. The number of rotatable bonds is 4. The van der Waals surface area contributed by atoms with Gasteiger partial charge in [0.25, 0.3) is 5.91 Å². The summed E-state index contributed by atoms with van der Waals surface area (Å²) in [6, 6.07) is 9.98. The minimum absolute atomic E-state index is 0.000368. The van der Waals surface area contributed by atoms with Crippen LogP contribution in [0.1, 0.15) is 21.5 Å². The van der Waals surface area contributed by atoms with Crippen molar-refractivity contribution in [3.8, 4) is 23.0 Å². The van der Waals surface area contributed by atoms with Crippen LogP contribution in [0, 0.1) is 0 Å². The van der Waals surface area contributed by atoms with E-state index in [9.17, 15) is 4.79 Å². The van der Waals surface area contributed by atoms with Crippen LogP contribution in [0.5, 0.6) is 23.0 Å². The van der Waals surface area contributed by atoms with Crippen molar-refractivity contribution in [1.29, 1.82) is 0 Å². The fourth-order valence-corrected chi connectivity index (χ4v) is 4.28. The van der Waals surface area contributed by atoms with Gasteiger partial charge in [0.05, 0.1) is 13.7 Å². The lowest BCUT2D eigenvalue weighted by molar-refractivity contribution is 0.0627. The fourth-order valence-electron chi connectivity index (χ4n) is 4.28. The number of methoxy groups -OCH3 is 1.